The van der Waals surface area contributed by atoms with Crippen molar-refractivity contribution in [3.05, 3.63) is 35.4 Å². The molecule has 1 rings (SSSR count). The van der Waals surface area contributed by atoms with Gasteiger partial charge in [-0.1, -0.05) is 19.9 Å². The van der Waals surface area contributed by atoms with Gasteiger partial charge in [-0.15, -0.1) is 0 Å². The molecule has 0 aromatic heterocycles. The third-order valence-electron chi connectivity index (χ3n) is 2.97. The van der Waals surface area contributed by atoms with Crippen LogP contribution in [0.4, 0.5) is 8.78 Å². The number of hydrogen-bond donors (Lipinski definition) is 2. The van der Waals surface area contributed by atoms with Crippen LogP contribution in [0.15, 0.2) is 23.2 Å². The molecule has 0 fully saturated rings. The molecule has 1 aromatic carbocycles. The van der Waals surface area contributed by atoms with Gasteiger partial charge in [0.1, 0.15) is 11.6 Å². The maximum Gasteiger partial charge on any atom is 0.190 e. The van der Waals surface area contributed by atoms with Crippen molar-refractivity contribution in [3.8, 4) is 0 Å². The van der Waals surface area contributed by atoms with Crippen molar-refractivity contribution in [2.75, 3.05) is 20.1 Å². The average molecular weight is 283 g/mol. The van der Waals surface area contributed by atoms with E-state index in [4.69, 9.17) is 0 Å². The van der Waals surface area contributed by atoms with Gasteiger partial charge in [-0.2, -0.15) is 0 Å². The summed E-state index contributed by atoms with van der Waals surface area (Å²) in [4.78, 5) is 4.07. The Balaban J connectivity index is 2.38. The lowest BCUT2D eigenvalue weighted by molar-refractivity contribution is 0.551. The lowest BCUT2D eigenvalue weighted by Gasteiger charge is -2.13. The van der Waals surface area contributed by atoms with Crippen molar-refractivity contribution >= 4 is 5.96 Å². The Hall–Kier alpha value is -1.65. The van der Waals surface area contributed by atoms with E-state index in [1.165, 1.54) is 18.2 Å². The van der Waals surface area contributed by atoms with Crippen LogP contribution in [0.5, 0.6) is 0 Å². The third kappa shape index (κ3) is 5.55. The fraction of sp³-hybridized carbons (Fsp3) is 0.533. The summed E-state index contributed by atoms with van der Waals surface area (Å²) < 4.78 is 26.9. The highest BCUT2D eigenvalue weighted by atomic mass is 19.1. The molecule has 0 saturated heterocycles. The van der Waals surface area contributed by atoms with Crippen molar-refractivity contribution in [1.29, 1.82) is 0 Å². The van der Waals surface area contributed by atoms with E-state index in [9.17, 15) is 8.78 Å². The first-order valence-corrected chi connectivity index (χ1v) is 6.92. The molecule has 0 heterocycles. The largest absolute Gasteiger partial charge is 0.356 e. The van der Waals surface area contributed by atoms with Crippen molar-refractivity contribution in [2.45, 2.75) is 26.7 Å². The molecule has 0 bridgehead atoms. The normalized spacial score (nSPS) is 11.8. The molecule has 5 heteroatoms. The van der Waals surface area contributed by atoms with Gasteiger partial charge in [-0.25, -0.2) is 8.78 Å². The fourth-order valence-electron chi connectivity index (χ4n) is 1.78. The van der Waals surface area contributed by atoms with Crippen LogP contribution in [0.1, 0.15) is 25.8 Å². The number of guanidine groups is 1. The van der Waals surface area contributed by atoms with Gasteiger partial charge in [-0.3, -0.25) is 4.99 Å². The van der Waals surface area contributed by atoms with E-state index < -0.39 is 11.6 Å². The summed E-state index contributed by atoms with van der Waals surface area (Å²) in [5.41, 5.74) is 0.109. The molecule has 0 aliphatic carbocycles. The zero-order valence-corrected chi connectivity index (χ0v) is 12.3. The van der Waals surface area contributed by atoms with Gasteiger partial charge in [0, 0.05) is 25.7 Å². The monoisotopic (exact) mass is 283 g/mol. The van der Waals surface area contributed by atoms with Crippen LogP contribution >= 0.6 is 0 Å². The summed E-state index contributed by atoms with van der Waals surface area (Å²) in [6, 6.07) is 3.91. The van der Waals surface area contributed by atoms with Crippen LogP contribution in [0, 0.1) is 17.6 Å². The van der Waals surface area contributed by atoms with Crippen molar-refractivity contribution in [3.63, 3.8) is 0 Å². The van der Waals surface area contributed by atoms with Crippen molar-refractivity contribution < 1.29 is 8.78 Å². The Morgan fingerprint density at radius 1 is 1.15 bits per heavy atom. The van der Waals surface area contributed by atoms with Gasteiger partial charge in [0.2, 0.25) is 0 Å². The van der Waals surface area contributed by atoms with Gasteiger partial charge in [0.25, 0.3) is 0 Å². The third-order valence-corrected chi connectivity index (χ3v) is 2.97. The lowest BCUT2D eigenvalue weighted by atomic mass is 10.1. The van der Waals surface area contributed by atoms with Crippen LogP contribution in [0.2, 0.25) is 0 Å². The smallest absolute Gasteiger partial charge is 0.190 e. The molecule has 2 N–H and O–H groups in total. The number of aliphatic imine (C=N–C) groups is 1. The number of rotatable bonds is 6. The molecular formula is C15H23F2N3. The summed E-state index contributed by atoms with van der Waals surface area (Å²) in [6.45, 7) is 5.56. The molecule has 0 atom stereocenters. The van der Waals surface area contributed by atoms with Crippen LogP contribution in [-0.2, 0) is 6.42 Å². The second kappa shape index (κ2) is 8.51. The molecule has 112 valence electrons. The van der Waals surface area contributed by atoms with Crippen LogP contribution in [-0.4, -0.2) is 26.1 Å². The van der Waals surface area contributed by atoms with Crippen LogP contribution in [0.25, 0.3) is 0 Å². The molecule has 0 unspecified atom stereocenters. The maximum atomic E-state index is 13.4. The Labute approximate surface area is 119 Å². The highest BCUT2D eigenvalue weighted by molar-refractivity contribution is 5.79. The maximum absolute atomic E-state index is 13.4. The van der Waals surface area contributed by atoms with Crippen molar-refractivity contribution in [2.24, 2.45) is 10.9 Å². The number of benzene rings is 1. The fourth-order valence-corrected chi connectivity index (χ4v) is 1.78. The number of nitrogens with zero attached hydrogens (tertiary/aromatic N) is 1. The first kappa shape index (κ1) is 16.4. The molecule has 0 aliphatic heterocycles. The highest BCUT2D eigenvalue weighted by Gasteiger charge is 2.08. The van der Waals surface area contributed by atoms with Gasteiger partial charge in [0.05, 0.1) is 0 Å². The van der Waals surface area contributed by atoms with E-state index in [0.717, 1.165) is 13.0 Å². The Bertz CT molecular complexity index is 424. The van der Waals surface area contributed by atoms with Gasteiger partial charge in [0.15, 0.2) is 5.96 Å². The molecule has 0 spiro atoms. The van der Waals surface area contributed by atoms with Crippen LogP contribution < -0.4 is 10.6 Å². The predicted molar refractivity (Wildman–Crippen MR) is 78.9 cm³/mol. The Morgan fingerprint density at radius 3 is 2.30 bits per heavy atom. The van der Waals surface area contributed by atoms with Gasteiger partial charge in [-0.05, 0) is 30.9 Å². The van der Waals surface area contributed by atoms with E-state index in [1.807, 2.05) is 0 Å². The quantitative estimate of drug-likeness (QED) is 0.622. The van der Waals surface area contributed by atoms with Gasteiger partial charge >= 0.3 is 0 Å². The molecule has 0 aliphatic rings. The second-order valence-electron chi connectivity index (χ2n) is 5.06. The molecule has 0 amide bonds. The minimum Gasteiger partial charge on any atom is -0.356 e. The predicted octanol–water partition coefficient (Wildman–Crippen LogP) is 2.72. The van der Waals surface area contributed by atoms with Gasteiger partial charge < -0.3 is 10.6 Å². The van der Waals surface area contributed by atoms with E-state index >= 15 is 0 Å². The summed E-state index contributed by atoms with van der Waals surface area (Å²) in [5.74, 6) is 0.264. The first-order valence-electron chi connectivity index (χ1n) is 6.92. The number of hydrogen-bond acceptors (Lipinski definition) is 1. The zero-order chi connectivity index (χ0) is 15.0. The highest BCUT2D eigenvalue weighted by Crippen LogP contribution is 2.11. The van der Waals surface area contributed by atoms with E-state index in [-0.39, 0.29) is 12.0 Å². The molecule has 0 saturated carbocycles. The minimum absolute atomic E-state index is 0.109. The molecule has 1 aromatic rings. The lowest BCUT2D eigenvalue weighted by Crippen LogP contribution is -2.39. The van der Waals surface area contributed by atoms with E-state index in [0.29, 0.717) is 18.4 Å². The van der Waals surface area contributed by atoms with E-state index in [1.54, 1.807) is 7.05 Å². The summed E-state index contributed by atoms with van der Waals surface area (Å²) in [6.07, 6.45) is 1.33. The molecule has 0 radical (unpaired) electrons. The topological polar surface area (TPSA) is 36.4 Å². The summed E-state index contributed by atoms with van der Waals surface area (Å²) in [5, 5.41) is 6.22. The Morgan fingerprint density at radius 2 is 1.75 bits per heavy atom. The summed E-state index contributed by atoms with van der Waals surface area (Å²) >= 11 is 0. The molecule has 3 nitrogen and oxygen atoms in total. The Kier molecular flexibility index (Phi) is 6.98. The minimum atomic E-state index is -0.505. The average Bonchev–Trinajstić information content (AvgIpc) is 2.39. The van der Waals surface area contributed by atoms with E-state index in [2.05, 4.69) is 29.5 Å². The zero-order valence-electron chi connectivity index (χ0n) is 12.3. The van der Waals surface area contributed by atoms with Crippen LogP contribution in [0.3, 0.4) is 0 Å². The molecular weight excluding hydrogens is 260 g/mol. The molecule has 20 heavy (non-hydrogen) atoms. The summed E-state index contributed by atoms with van der Waals surface area (Å²) in [7, 11) is 1.67. The van der Waals surface area contributed by atoms with Crippen molar-refractivity contribution in [1.82, 2.24) is 10.6 Å². The SMILES string of the molecule is CN=C(NCCc1c(F)cccc1F)NCCC(C)C. The number of nitrogens with one attached hydrogen (secondary N) is 2. The first-order chi connectivity index (χ1) is 9.54. The number of halogens is 2. The standard InChI is InChI=1S/C15H23F2N3/c1-11(2)7-9-19-15(18-3)20-10-8-12-13(16)5-4-6-14(12)17/h4-6,11H,7-10H2,1-3H3,(H2,18,19,20). The second-order valence-corrected chi connectivity index (χ2v) is 5.06.